The number of nitrogens with one attached hydrogen (secondary N) is 1. The molecule has 1 fully saturated rings. The third-order valence-electron chi connectivity index (χ3n) is 3.78. The lowest BCUT2D eigenvalue weighted by atomic mass is 10.0. The lowest BCUT2D eigenvalue weighted by Gasteiger charge is -2.23. The van der Waals surface area contributed by atoms with Crippen LogP contribution in [0.5, 0.6) is 0 Å². The Balaban J connectivity index is 1.63. The van der Waals surface area contributed by atoms with E-state index in [0.717, 1.165) is 0 Å². The molecule has 0 aromatic carbocycles. The van der Waals surface area contributed by atoms with E-state index in [1.807, 2.05) is 0 Å². The van der Waals surface area contributed by atoms with Crippen LogP contribution in [0.2, 0.25) is 0 Å². The highest BCUT2D eigenvalue weighted by Crippen LogP contribution is 2.12. The summed E-state index contributed by atoms with van der Waals surface area (Å²) < 4.78 is 7.21. The van der Waals surface area contributed by atoms with Crippen molar-refractivity contribution in [2.24, 2.45) is 5.92 Å². The van der Waals surface area contributed by atoms with Crippen LogP contribution in [-0.2, 0) is 22.5 Å². The molecule has 0 bridgehead atoms. The van der Waals surface area contributed by atoms with Gasteiger partial charge in [0.15, 0.2) is 0 Å². The van der Waals surface area contributed by atoms with Crippen LogP contribution in [0, 0.1) is 5.92 Å². The summed E-state index contributed by atoms with van der Waals surface area (Å²) in [7, 11) is 0. The van der Waals surface area contributed by atoms with E-state index in [2.05, 4.69) is 15.1 Å². The Labute approximate surface area is 133 Å². The van der Waals surface area contributed by atoms with E-state index in [4.69, 9.17) is 4.74 Å². The molecule has 1 aliphatic rings. The van der Waals surface area contributed by atoms with E-state index in [0.29, 0.717) is 38.4 Å². The Bertz CT molecular complexity index is 697. The number of carbonyl (C=O) groups is 1. The van der Waals surface area contributed by atoms with Gasteiger partial charge in [-0.3, -0.25) is 14.3 Å². The monoisotopic (exact) mass is 317 g/mol. The number of carbonyl (C=O) groups excluding carboxylic acids is 1. The molecule has 1 unspecified atom stereocenters. The smallest absolute Gasteiger partial charge is 0.250 e. The molecule has 1 saturated heterocycles. The molecule has 1 atom stereocenters. The Morgan fingerprint density at radius 2 is 2.39 bits per heavy atom. The highest BCUT2D eigenvalue weighted by molar-refractivity contribution is 5.75. The maximum Gasteiger partial charge on any atom is 0.250 e. The van der Waals surface area contributed by atoms with Crippen molar-refractivity contribution in [2.45, 2.75) is 13.0 Å². The molecular formula is C15H19N5O3. The molecule has 0 aliphatic carbocycles. The van der Waals surface area contributed by atoms with Gasteiger partial charge in [-0.2, -0.15) is 5.10 Å². The van der Waals surface area contributed by atoms with Gasteiger partial charge in [-0.05, 0) is 12.5 Å². The predicted molar refractivity (Wildman–Crippen MR) is 81.7 cm³/mol. The van der Waals surface area contributed by atoms with Crippen molar-refractivity contribution in [1.82, 2.24) is 24.6 Å². The number of H-pyrrole nitrogens is 1. The zero-order valence-corrected chi connectivity index (χ0v) is 12.7. The molecule has 2 aromatic rings. The largest absolute Gasteiger partial charge is 0.379 e. The number of hydrogen-bond donors (Lipinski definition) is 1. The third kappa shape index (κ3) is 4.26. The molecule has 8 nitrogen and oxygen atoms in total. The van der Waals surface area contributed by atoms with Gasteiger partial charge in [0.2, 0.25) is 5.91 Å². The lowest BCUT2D eigenvalue weighted by molar-refractivity contribution is -0.132. The van der Waals surface area contributed by atoms with Crippen LogP contribution in [0.4, 0.5) is 0 Å². The molecule has 8 heteroatoms. The number of rotatable bonds is 4. The Morgan fingerprint density at radius 1 is 1.48 bits per heavy atom. The molecule has 3 rings (SSSR count). The highest BCUT2D eigenvalue weighted by Gasteiger charge is 2.23. The Morgan fingerprint density at radius 3 is 3.17 bits per heavy atom. The fourth-order valence-electron chi connectivity index (χ4n) is 2.68. The summed E-state index contributed by atoms with van der Waals surface area (Å²) in [4.78, 5) is 32.2. The van der Waals surface area contributed by atoms with Crippen molar-refractivity contribution < 1.29 is 9.53 Å². The van der Waals surface area contributed by atoms with E-state index in [1.165, 1.54) is 12.4 Å². The second-order valence-electron chi connectivity index (χ2n) is 5.59. The van der Waals surface area contributed by atoms with Gasteiger partial charge in [0.25, 0.3) is 5.56 Å². The minimum atomic E-state index is -0.170. The van der Waals surface area contributed by atoms with Crippen LogP contribution in [0.3, 0.4) is 0 Å². The number of aromatic amines is 1. The van der Waals surface area contributed by atoms with Gasteiger partial charge in [0.1, 0.15) is 6.54 Å². The van der Waals surface area contributed by atoms with E-state index in [9.17, 15) is 9.59 Å². The summed E-state index contributed by atoms with van der Waals surface area (Å²) >= 11 is 0. The van der Waals surface area contributed by atoms with Gasteiger partial charge < -0.3 is 14.6 Å². The summed E-state index contributed by atoms with van der Waals surface area (Å²) in [6.45, 7) is 2.46. The van der Waals surface area contributed by atoms with E-state index < -0.39 is 0 Å². The van der Waals surface area contributed by atoms with Gasteiger partial charge in [-0.1, -0.05) is 0 Å². The Hall–Kier alpha value is -2.48. The average molecular weight is 317 g/mol. The minimum absolute atomic E-state index is 0.0167. The number of aromatic nitrogens is 4. The molecule has 23 heavy (non-hydrogen) atoms. The van der Waals surface area contributed by atoms with E-state index in [1.54, 1.807) is 28.0 Å². The second kappa shape index (κ2) is 7.19. The van der Waals surface area contributed by atoms with Crippen molar-refractivity contribution in [3.63, 3.8) is 0 Å². The van der Waals surface area contributed by atoms with Crippen LogP contribution in [0.1, 0.15) is 5.69 Å². The van der Waals surface area contributed by atoms with Crippen LogP contribution in [-0.4, -0.2) is 56.9 Å². The van der Waals surface area contributed by atoms with Crippen molar-refractivity contribution >= 4 is 5.91 Å². The summed E-state index contributed by atoms with van der Waals surface area (Å²) in [5.74, 6) is 0.136. The zero-order chi connectivity index (χ0) is 16.1. The van der Waals surface area contributed by atoms with Crippen LogP contribution < -0.4 is 5.56 Å². The van der Waals surface area contributed by atoms with Gasteiger partial charge in [-0.25, -0.2) is 4.98 Å². The van der Waals surface area contributed by atoms with Crippen LogP contribution >= 0.6 is 0 Å². The molecule has 0 spiro atoms. The fraction of sp³-hybridized carbons (Fsp3) is 0.467. The Kier molecular flexibility index (Phi) is 4.82. The van der Waals surface area contributed by atoms with Gasteiger partial charge >= 0.3 is 0 Å². The number of amides is 1. The normalized spacial score (nSPS) is 18.6. The maximum atomic E-state index is 12.4. The molecule has 1 aliphatic heterocycles. The van der Waals surface area contributed by atoms with E-state index >= 15 is 0 Å². The average Bonchev–Trinajstić information content (AvgIpc) is 2.92. The first-order chi connectivity index (χ1) is 11.2. The molecule has 0 radical (unpaired) electrons. The number of nitrogens with zero attached hydrogens (tertiary/aromatic N) is 4. The highest BCUT2D eigenvalue weighted by atomic mass is 16.5. The van der Waals surface area contributed by atoms with Crippen molar-refractivity contribution in [2.75, 3.05) is 26.3 Å². The first kappa shape index (κ1) is 15.4. The molecule has 0 saturated carbocycles. The second-order valence-corrected chi connectivity index (χ2v) is 5.59. The molecule has 3 heterocycles. The third-order valence-corrected chi connectivity index (χ3v) is 3.78. The summed E-state index contributed by atoms with van der Waals surface area (Å²) in [5, 5.41) is 4.06. The summed E-state index contributed by atoms with van der Waals surface area (Å²) in [6.07, 6.45) is 5.43. The topological polar surface area (TPSA) is 93.1 Å². The fourth-order valence-corrected chi connectivity index (χ4v) is 2.68. The lowest BCUT2D eigenvalue weighted by Crippen LogP contribution is -2.38. The molecular weight excluding hydrogens is 298 g/mol. The summed E-state index contributed by atoms with van der Waals surface area (Å²) in [6, 6.07) is 3.28. The standard InChI is InChI=1S/C15H19N5O3/c21-14-7-13(16-11-17-14)6-12-8-19(4-5-23-10-12)15(22)9-20-3-1-2-18-20/h1-3,7,11-12H,4-6,8-10H2,(H,16,17,21). The van der Waals surface area contributed by atoms with Crippen LogP contribution in [0.25, 0.3) is 0 Å². The SMILES string of the molecule is O=C(Cn1cccn1)N1CCOCC(Cc2cc(=O)[nH]cn2)C1. The number of hydrogen-bond acceptors (Lipinski definition) is 5. The van der Waals surface area contributed by atoms with Crippen molar-refractivity contribution in [3.05, 3.63) is 46.9 Å². The van der Waals surface area contributed by atoms with E-state index in [-0.39, 0.29) is 23.9 Å². The zero-order valence-electron chi connectivity index (χ0n) is 12.7. The quantitative estimate of drug-likeness (QED) is 0.834. The van der Waals surface area contributed by atoms with Gasteiger partial charge in [0.05, 0.1) is 19.5 Å². The minimum Gasteiger partial charge on any atom is -0.379 e. The van der Waals surface area contributed by atoms with Crippen LogP contribution in [0.15, 0.2) is 35.6 Å². The first-order valence-corrected chi connectivity index (χ1v) is 7.57. The predicted octanol–water partition coefficient (Wildman–Crippen LogP) is -0.316. The van der Waals surface area contributed by atoms with Gasteiger partial charge in [0, 0.05) is 43.2 Å². The number of ether oxygens (including phenoxy) is 1. The first-order valence-electron chi connectivity index (χ1n) is 7.57. The summed E-state index contributed by atoms with van der Waals surface area (Å²) in [5.41, 5.74) is 0.542. The van der Waals surface area contributed by atoms with Crippen molar-refractivity contribution in [1.29, 1.82) is 0 Å². The molecule has 122 valence electrons. The van der Waals surface area contributed by atoms with Gasteiger partial charge in [-0.15, -0.1) is 0 Å². The molecule has 1 amide bonds. The molecule has 1 N–H and O–H groups in total. The molecule has 2 aromatic heterocycles. The maximum absolute atomic E-state index is 12.4. The van der Waals surface area contributed by atoms with Crippen molar-refractivity contribution in [3.8, 4) is 0 Å².